The summed E-state index contributed by atoms with van der Waals surface area (Å²) in [5, 5.41) is 2.66. The molecular weight excluding hydrogens is 209 g/mol. The molecule has 0 saturated heterocycles. The number of benzene rings is 1. The maximum Gasteiger partial charge on any atom is 1.00 e. The molecule has 0 spiro atoms. The van der Waals surface area contributed by atoms with Gasteiger partial charge in [-0.05, 0) is 0 Å². The van der Waals surface area contributed by atoms with E-state index in [1.807, 2.05) is 0 Å². The molecule has 0 aliphatic rings. The zero-order valence-electron chi connectivity index (χ0n) is 5.40. The van der Waals surface area contributed by atoms with Gasteiger partial charge in [0.05, 0.1) is 0 Å². The van der Waals surface area contributed by atoms with E-state index in [4.69, 9.17) is 0 Å². The fourth-order valence-corrected chi connectivity index (χ4v) is 1.07. The molecule has 0 aromatic heterocycles. The number of hydrogen-bond acceptors (Lipinski definition) is 0. The Balaban J connectivity index is 0.000000500. The molecule has 0 fully saturated rings. The fraction of sp³-hybridized carbons (Fsp3) is 0. The van der Waals surface area contributed by atoms with Crippen molar-refractivity contribution in [3.8, 4) is 0 Å². The summed E-state index contributed by atoms with van der Waals surface area (Å²) in [6.07, 6.45) is 0. The van der Waals surface area contributed by atoms with Crippen molar-refractivity contribution < 1.29 is 19.5 Å². The van der Waals surface area contributed by atoms with Crippen LogP contribution in [0.4, 0.5) is 0 Å². The first-order chi connectivity index (χ1) is 4.47. The first-order valence-electron chi connectivity index (χ1n) is 3.07. The smallest absolute Gasteiger partial charge is 0.168 e. The van der Waals surface area contributed by atoms with E-state index in [0.717, 1.165) is 0 Å². The van der Waals surface area contributed by atoms with Crippen LogP contribution in [0.25, 0.3) is 10.8 Å². The summed E-state index contributed by atoms with van der Waals surface area (Å²) in [5.74, 6) is 0. The van der Waals surface area contributed by atoms with Gasteiger partial charge in [0.15, 0.2) is 0 Å². The quantitative estimate of drug-likeness (QED) is 0.469. The minimum Gasteiger partial charge on any atom is -0.168 e. The molecule has 0 aliphatic heterocycles. The Hall–Kier alpha value is -0.547. The first kappa shape index (κ1) is 7.56. The van der Waals surface area contributed by atoms with Gasteiger partial charge in [0.2, 0.25) is 0 Å². The van der Waals surface area contributed by atoms with Crippen molar-refractivity contribution in [3.05, 3.63) is 42.5 Å². The largest absolute Gasteiger partial charge is 1.00 e. The molecule has 0 bridgehead atoms. The van der Waals surface area contributed by atoms with Crippen LogP contribution >= 0.6 is 0 Å². The maximum absolute atomic E-state index is 2.12. The van der Waals surface area contributed by atoms with Gasteiger partial charge in [0.1, 0.15) is 0 Å². The molecule has 0 heterocycles. The van der Waals surface area contributed by atoms with Crippen LogP contribution in [0.3, 0.4) is 0 Å². The number of rotatable bonds is 0. The van der Waals surface area contributed by atoms with Gasteiger partial charge >= 0.3 is 19.5 Å². The van der Waals surface area contributed by atoms with E-state index in [9.17, 15) is 0 Å². The van der Waals surface area contributed by atoms with Crippen LogP contribution < -0.4 is 0 Å². The van der Waals surface area contributed by atoms with Crippen molar-refractivity contribution in [2.75, 3.05) is 0 Å². The molecular formula is C9H7Ru. The summed E-state index contributed by atoms with van der Waals surface area (Å²) < 4.78 is 0. The molecule has 0 unspecified atom stereocenters. The molecule has 2 rings (SSSR count). The standard InChI is InChI=1S/C9H7.Ru/c1-2-5-9-7-3-6-8(9)4-1;/h1-7H;/q-1;+1. The van der Waals surface area contributed by atoms with Gasteiger partial charge in [-0.2, -0.15) is 17.5 Å². The number of hydrogen-bond donors (Lipinski definition) is 0. The Labute approximate surface area is 73.0 Å². The third-order valence-corrected chi connectivity index (χ3v) is 1.55. The molecule has 2 aromatic carbocycles. The second-order valence-corrected chi connectivity index (χ2v) is 2.15. The summed E-state index contributed by atoms with van der Waals surface area (Å²) >= 11 is 0. The van der Waals surface area contributed by atoms with Crippen molar-refractivity contribution in [2.24, 2.45) is 0 Å². The molecule has 0 amide bonds. The average Bonchev–Trinajstić information content (AvgIpc) is 2.33. The number of fused-ring (bicyclic) bond motifs is 1. The van der Waals surface area contributed by atoms with Crippen LogP contribution in [0, 0.1) is 0 Å². The second-order valence-electron chi connectivity index (χ2n) is 2.15. The molecule has 0 aliphatic carbocycles. The predicted octanol–water partition coefficient (Wildman–Crippen LogP) is 2.56. The molecule has 0 saturated carbocycles. The van der Waals surface area contributed by atoms with Crippen LogP contribution in [0.5, 0.6) is 0 Å². The Morgan fingerprint density at radius 1 is 1.00 bits per heavy atom. The predicted molar refractivity (Wildman–Crippen MR) is 39.5 cm³/mol. The molecule has 1 radical (unpaired) electrons. The van der Waals surface area contributed by atoms with Crippen LogP contribution in [-0.2, 0) is 19.5 Å². The van der Waals surface area contributed by atoms with Crippen molar-refractivity contribution in [1.82, 2.24) is 0 Å². The van der Waals surface area contributed by atoms with Gasteiger partial charge in [-0.3, -0.25) is 0 Å². The van der Waals surface area contributed by atoms with E-state index in [1.54, 1.807) is 0 Å². The van der Waals surface area contributed by atoms with Crippen molar-refractivity contribution in [3.63, 3.8) is 0 Å². The zero-order valence-corrected chi connectivity index (χ0v) is 7.13. The molecule has 0 nitrogen and oxygen atoms in total. The summed E-state index contributed by atoms with van der Waals surface area (Å²) in [6.45, 7) is 0. The Morgan fingerprint density at radius 3 is 2.60 bits per heavy atom. The van der Waals surface area contributed by atoms with E-state index in [2.05, 4.69) is 42.5 Å². The van der Waals surface area contributed by atoms with Crippen molar-refractivity contribution in [1.29, 1.82) is 0 Å². The van der Waals surface area contributed by atoms with Crippen LogP contribution in [0.1, 0.15) is 0 Å². The van der Waals surface area contributed by atoms with E-state index in [-0.39, 0.29) is 19.5 Å². The molecule has 10 heavy (non-hydrogen) atoms. The van der Waals surface area contributed by atoms with Crippen LogP contribution in [0.2, 0.25) is 0 Å². The Morgan fingerprint density at radius 2 is 1.80 bits per heavy atom. The van der Waals surface area contributed by atoms with E-state index in [0.29, 0.717) is 0 Å². The van der Waals surface area contributed by atoms with E-state index in [1.165, 1.54) is 10.8 Å². The molecule has 0 atom stereocenters. The molecule has 1 heteroatoms. The monoisotopic (exact) mass is 217 g/mol. The summed E-state index contributed by atoms with van der Waals surface area (Å²) in [6, 6.07) is 14.7. The second kappa shape index (κ2) is 3.03. The van der Waals surface area contributed by atoms with Crippen LogP contribution in [0.15, 0.2) is 42.5 Å². The van der Waals surface area contributed by atoms with E-state index >= 15 is 0 Å². The SMILES string of the molecule is [Ru+].c1ccc2[cH-]ccc2c1. The van der Waals surface area contributed by atoms with Gasteiger partial charge in [-0.15, -0.1) is 29.7 Å². The molecule has 0 N–H and O–H groups in total. The average molecular weight is 216 g/mol. The van der Waals surface area contributed by atoms with E-state index < -0.39 is 0 Å². The fourth-order valence-electron chi connectivity index (χ4n) is 1.07. The minimum atomic E-state index is 0. The third-order valence-electron chi connectivity index (χ3n) is 1.55. The summed E-state index contributed by atoms with van der Waals surface area (Å²) in [4.78, 5) is 0. The topological polar surface area (TPSA) is 0 Å². The third kappa shape index (κ3) is 1.15. The summed E-state index contributed by atoms with van der Waals surface area (Å²) in [7, 11) is 0. The van der Waals surface area contributed by atoms with Gasteiger partial charge < -0.3 is 0 Å². The Bertz CT molecular complexity index is 279. The Kier molecular flexibility index (Phi) is 2.29. The zero-order chi connectivity index (χ0) is 6.10. The van der Waals surface area contributed by atoms with Gasteiger partial charge in [-0.1, -0.05) is 6.07 Å². The maximum atomic E-state index is 2.12. The van der Waals surface area contributed by atoms with Crippen molar-refractivity contribution >= 4 is 10.8 Å². The van der Waals surface area contributed by atoms with Gasteiger partial charge in [-0.25, -0.2) is 0 Å². The minimum absolute atomic E-state index is 0. The van der Waals surface area contributed by atoms with Crippen molar-refractivity contribution in [2.45, 2.75) is 0 Å². The summed E-state index contributed by atoms with van der Waals surface area (Å²) in [5.41, 5.74) is 0. The van der Waals surface area contributed by atoms with Gasteiger partial charge in [0.25, 0.3) is 0 Å². The molecule has 51 valence electrons. The molecule has 2 aromatic rings. The van der Waals surface area contributed by atoms with Crippen LogP contribution in [-0.4, -0.2) is 0 Å². The van der Waals surface area contributed by atoms with Gasteiger partial charge in [0, 0.05) is 0 Å². The first-order valence-corrected chi connectivity index (χ1v) is 3.07. The normalized spacial score (nSPS) is 9.20.